The summed E-state index contributed by atoms with van der Waals surface area (Å²) in [7, 11) is 0. The van der Waals surface area contributed by atoms with Crippen molar-refractivity contribution in [1.29, 1.82) is 0 Å². The van der Waals surface area contributed by atoms with Crippen LogP contribution in [0.5, 0.6) is 0 Å². The summed E-state index contributed by atoms with van der Waals surface area (Å²) in [6, 6.07) is 0.485. The zero-order chi connectivity index (χ0) is 7.84. The van der Waals surface area contributed by atoms with E-state index in [0.29, 0.717) is 0 Å². The van der Waals surface area contributed by atoms with Crippen molar-refractivity contribution in [2.24, 2.45) is 5.73 Å². The Labute approximate surface area is 64.6 Å². The number of fused-ring (bicyclic) bond motifs is 1. The lowest BCUT2D eigenvalue weighted by Gasteiger charge is -2.14. The van der Waals surface area contributed by atoms with E-state index >= 15 is 0 Å². The molecule has 0 aliphatic heterocycles. The maximum absolute atomic E-state index is 5.73. The van der Waals surface area contributed by atoms with Crippen molar-refractivity contribution in [2.75, 3.05) is 5.73 Å². The van der Waals surface area contributed by atoms with Crippen molar-refractivity contribution >= 4 is 6.01 Å². The molecule has 4 nitrogen and oxygen atoms in total. The third kappa shape index (κ3) is 1.09. The summed E-state index contributed by atoms with van der Waals surface area (Å²) in [5.74, 6) is 0.876. The highest BCUT2D eigenvalue weighted by molar-refractivity contribution is 5.23. The van der Waals surface area contributed by atoms with Crippen molar-refractivity contribution in [3.8, 4) is 0 Å². The van der Waals surface area contributed by atoms with Gasteiger partial charge in [-0.1, -0.05) is 0 Å². The predicted octanol–water partition coefficient (Wildman–Crippen LogP) is 0.0728. The Bertz CT molecular complexity index is 269. The first kappa shape index (κ1) is 6.67. The average Bonchev–Trinajstić information content (AvgIpc) is 2.27. The molecule has 0 fully saturated rings. The van der Waals surface area contributed by atoms with Gasteiger partial charge in [-0.25, -0.2) is 0 Å². The highest BCUT2D eigenvalue weighted by Gasteiger charge is 2.20. The van der Waals surface area contributed by atoms with E-state index in [1.807, 2.05) is 0 Å². The molecule has 0 bridgehead atoms. The molecule has 1 aliphatic rings. The molecule has 11 heavy (non-hydrogen) atoms. The van der Waals surface area contributed by atoms with Gasteiger partial charge in [0.1, 0.15) is 5.76 Å². The highest BCUT2D eigenvalue weighted by atomic mass is 16.4. The Morgan fingerprint density at radius 3 is 3.18 bits per heavy atom. The number of rotatable bonds is 0. The van der Waals surface area contributed by atoms with Crippen molar-refractivity contribution in [3.63, 3.8) is 0 Å². The van der Waals surface area contributed by atoms with Gasteiger partial charge in [0.05, 0.1) is 5.69 Å². The number of oxazole rings is 1. The van der Waals surface area contributed by atoms with Crippen LogP contribution in [0.1, 0.15) is 17.9 Å². The van der Waals surface area contributed by atoms with Crippen molar-refractivity contribution in [1.82, 2.24) is 4.98 Å². The van der Waals surface area contributed by atoms with Crippen LogP contribution < -0.4 is 11.5 Å². The van der Waals surface area contributed by atoms with Crippen molar-refractivity contribution in [2.45, 2.75) is 25.3 Å². The fraction of sp³-hybridized carbons (Fsp3) is 0.571. The van der Waals surface area contributed by atoms with Crippen LogP contribution in [-0.4, -0.2) is 11.0 Å². The van der Waals surface area contributed by atoms with E-state index in [9.17, 15) is 0 Å². The second kappa shape index (κ2) is 2.23. The van der Waals surface area contributed by atoms with E-state index < -0.39 is 0 Å². The van der Waals surface area contributed by atoms with Crippen LogP contribution in [0.4, 0.5) is 6.01 Å². The highest BCUT2D eigenvalue weighted by Crippen LogP contribution is 2.21. The first-order valence-corrected chi connectivity index (χ1v) is 3.75. The topological polar surface area (TPSA) is 78.1 Å². The molecule has 0 radical (unpaired) electrons. The van der Waals surface area contributed by atoms with Gasteiger partial charge in [0, 0.05) is 12.5 Å². The molecule has 1 unspecified atom stereocenters. The molecule has 4 heteroatoms. The zero-order valence-corrected chi connectivity index (χ0v) is 6.21. The maximum Gasteiger partial charge on any atom is 0.292 e. The fourth-order valence-electron chi connectivity index (χ4n) is 1.42. The normalized spacial score (nSPS) is 23.2. The van der Waals surface area contributed by atoms with Gasteiger partial charge in [-0.05, 0) is 12.8 Å². The fourth-order valence-corrected chi connectivity index (χ4v) is 1.42. The maximum atomic E-state index is 5.73. The van der Waals surface area contributed by atoms with Crippen molar-refractivity contribution in [3.05, 3.63) is 11.5 Å². The minimum absolute atomic E-state index is 0.217. The Morgan fingerprint density at radius 1 is 1.55 bits per heavy atom. The minimum atomic E-state index is 0.217. The first-order chi connectivity index (χ1) is 5.25. The van der Waals surface area contributed by atoms with Crippen LogP contribution in [0.2, 0.25) is 0 Å². The molecule has 1 atom stereocenters. The molecule has 1 aliphatic carbocycles. The monoisotopic (exact) mass is 153 g/mol. The summed E-state index contributed by atoms with van der Waals surface area (Å²) >= 11 is 0. The van der Waals surface area contributed by atoms with Crippen LogP contribution in [0.25, 0.3) is 0 Å². The number of hydrogen-bond acceptors (Lipinski definition) is 4. The summed E-state index contributed by atoms with van der Waals surface area (Å²) in [4.78, 5) is 4.04. The standard InChI is InChI=1S/C7H11N3O/c8-4-1-2-5-6(3-4)11-7(9)10-5/h4H,1-3,8H2,(H2,9,10). The molecule has 60 valence electrons. The van der Waals surface area contributed by atoms with E-state index in [1.165, 1.54) is 0 Å². The average molecular weight is 153 g/mol. The summed E-state index contributed by atoms with van der Waals surface area (Å²) in [6.07, 6.45) is 2.66. The van der Waals surface area contributed by atoms with Gasteiger partial charge in [0.25, 0.3) is 6.01 Å². The number of nitrogens with two attached hydrogens (primary N) is 2. The second-order valence-electron chi connectivity index (χ2n) is 2.92. The smallest absolute Gasteiger partial charge is 0.292 e. The van der Waals surface area contributed by atoms with Gasteiger partial charge in [0.2, 0.25) is 0 Å². The van der Waals surface area contributed by atoms with E-state index in [4.69, 9.17) is 15.9 Å². The lowest BCUT2D eigenvalue weighted by atomic mass is 9.98. The third-order valence-electron chi connectivity index (χ3n) is 1.99. The van der Waals surface area contributed by atoms with E-state index in [-0.39, 0.29) is 12.1 Å². The van der Waals surface area contributed by atoms with Gasteiger partial charge >= 0.3 is 0 Å². The van der Waals surface area contributed by atoms with Gasteiger partial charge in [-0.2, -0.15) is 4.98 Å². The molecule has 0 saturated carbocycles. The largest absolute Gasteiger partial charge is 0.429 e. The molecule has 1 heterocycles. The molecule has 1 aromatic heterocycles. The van der Waals surface area contributed by atoms with Crippen molar-refractivity contribution < 1.29 is 4.42 Å². The molecule has 4 N–H and O–H groups in total. The molecule has 0 spiro atoms. The van der Waals surface area contributed by atoms with Crippen LogP contribution in [0.3, 0.4) is 0 Å². The van der Waals surface area contributed by atoms with Gasteiger partial charge in [-0.3, -0.25) is 0 Å². The third-order valence-corrected chi connectivity index (χ3v) is 1.99. The van der Waals surface area contributed by atoms with E-state index in [1.54, 1.807) is 0 Å². The predicted molar refractivity (Wildman–Crippen MR) is 40.9 cm³/mol. The quantitative estimate of drug-likeness (QED) is 0.553. The molecular formula is C7H11N3O. The first-order valence-electron chi connectivity index (χ1n) is 3.75. The van der Waals surface area contributed by atoms with Crippen LogP contribution in [0.15, 0.2) is 4.42 Å². The zero-order valence-electron chi connectivity index (χ0n) is 6.21. The number of nitrogens with zero attached hydrogens (tertiary/aromatic N) is 1. The molecule has 1 aromatic rings. The summed E-state index contributed by atoms with van der Waals surface area (Å²) in [5, 5.41) is 0. The number of hydrogen-bond donors (Lipinski definition) is 2. The second-order valence-corrected chi connectivity index (χ2v) is 2.92. The molecule has 0 aromatic carbocycles. The van der Waals surface area contributed by atoms with Crippen LogP contribution >= 0.6 is 0 Å². The Morgan fingerprint density at radius 2 is 2.36 bits per heavy atom. The number of anilines is 1. The van der Waals surface area contributed by atoms with Crippen LogP contribution in [0, 0.1) is 0 Å². The van der Waals surface area contributed by atoms with E-state index in [2.05, 4.69) is 4.98 Å². The van der Waals surface area contributed by atoms with E-state index in [0.717, 1.165) is 30.7 Å². The number of aromatic nitrogens is 1. The van der Waals surface area contributed by atoms with Gasteiger partial charge in [-0.15, -0.1) is 0 Å². The molecule has 0 saturated heterocycles. The lowest BCUT2D eigenvalue weighted by molar-refractivity contribution is 0.459. The summed E-state index contributed by atoms with van der Waals surface area (Å²) < 4.78 is 5.16. The van der Waals surface area contributed by atoms with Gasteiger partial charge < -0.3 is 15.9 Å². The molecule has 2 rings (SSSR count). The minimum Gasteiger partial charge on any atom is -0.429 e. The van der Waals surface area contributed by atoms with Gasteiger partial charge in [0.15, 0.2) is 0 Å². The molecular weight excluding hydrogens is 142 g/mol. The summed E-state index contributed by atoms with van der Waals surface area (Å²) in [5.41, 5.74) is 12.1. The number of nitrogen functional groups attached to an aromatic ring is 1. The number of aryl methyl sites for hydroxylation is 1. The molecule has 0 amide bonds. The van der Waals surface area contributed by atoms with Crippen LogP contribution in [-0.2, 0) is 12.8 Å². The summed E-state index contributed by atoms with van der Waals surface area (Å²) in [6.45, 7) is 0. The SMILES string of the molecule is Nc1nc2c(o1)CC(N)CC2. The Hall–Kier alpha value is -1.03. The lowest BCUT2D eigenvalue weighted by Crippen LogP contribution is -2.27. The Balaban J connectivity index is 2.34. The Kier molecular flexibility index (Phi) is 1.35.